The van der Waals surface area contributed by atoms with Crippen molar-refractivity contribution in [1.82, 2.24) is 0 Å². The third kappa shape index (κ3) is 7.98. The zero-order chi connectivity index (χ0) is 12.6. The van der Waals surface area contributed by atoms with Gasteiger partial charge in [0.25, 0.3) is 0 Å². The number of allylic oxidation sites excluding steroid dienone is 2. The van der Waals surface area contributed by atoms with Gasteiger partial charge in [0.15, 0.2) is 0 Å². The summed E-state index contributed by atoms with van der Waals surface area (Å²) >= 11 is 0. The molecule has 16 heavy (non-hydrogen) atoms. The van der Waals surface area contributed by atoms with Gasteiger partial charge in [0.05, 0.1) is 0 Å². The van der Waals surface area contributed by atoms with Crippen LogP contribution < -0.4 is 0 Å². The van der Waals surface area contributed by atoms with E-state index in [0.717, 1.165) is 24.3 Å². The van der Waals surface area contributed by atoms with Gasteiger partial charge in [0, 0.05) is 12.2 Å². The maximum Gasteiger partial charge on any atom is 0.513 e. The highest BCUT2D eigenvalue weighted by Gasteiger charge is 2.03. The molecule has 0 aliphatic heterocycles. The van der Waals surface area contributed by atoms with Crippen molar-refractivity contribution < 1.29 is 38.9 Å². The van der Waals surface area contributed by atoms with Crippen LogP contribution in [0.3, 0.4) is 0 Å². The Kier molecular flexibility index (Phi) is 5.65. The molecule has 0 aliphatic carbocycles. The second-order valence-electron chi connectivity index (χ2n) is 2.09. The first kappa shape index (κ1) is 13.4. The van der Waals surface area contributed by atoms with E-state index in [-0.39, 0.29) is 0 Å². The lowest BCUT2D eigenvalue weighted by Crippen LogP contribution is -2.07. The number of rotatable bonds is 3. The Morgan fingerprint density at radius 1 is 0.750 bits per heavy atom. The van der Waals surface area contributed by atoms with Crippen molar-refractivity contribution in [2.75, 3.05) is 0 Å². The van der Waals surface area contributed by atoms with E-state index in [4.69, 9.17) is 10.2 Å². The summed E-state index contributed by atoms with van der Waals surface area (Å²) in [6.45, 7) is 0. The average molecular weight is 230 g/mol. The number of carbonyl (C=O) groups is 4. The minimum Gasteiger partial charge on any atom is -0.449 e. The summed E-state index contributed by atoms with van der Waals surface area (Å²) in [5.41, 5.74) is 0. The van der Waals surface area contributed by atoms with Crippen LogP contribution in [0.25, 0.3) is 0 Å². The Labute approximate surface area is 88.4 Å². The molecule has 0 heterocycles. The van der Waals surface area contributed by atoms with Crippen LogP contribution in [0.2, 0.25) is 0 Å². The maximum absolute atomic E-state index is 10.5. The van der Waals surface area contributed by atoms with Gasteiger partial charge >= 0.3 is 24.2 Å². The van der Waals surface area contributed by atoms with Crippen LogP contribution in [0.5, 0.6) is 0 Å². The molecule has 0 aromatic heterocycles. The fourth-order valence-electron chi connectivity index (χ4n) is 0.508. The van der Waals surface area contributed by atoms with Crippen LogP contribution in [0.1, 0.15) is 0 Å². The van der Waals surface area contributed by atoms with Crippen LogP contribution in [0.4, 0.5) is 9.59 Å². The lowest BCUT2D eigenvalue weighted by Gasteiger charge is -1.90. The molecule has 8 nitrogen and oxygen atoms in total. The maximum atomic E-state index is 10.5. The zero-order valence-corrected chi connectivity index (χ0v) is 7.65. The van der Waals surface area contributed by atoms with Gasteiger partial charge in [-0.2, -0.15) is 0 Å². The van der Waals surface area contributed by atoms with Gasteiger partial charge in [-0.15, -0.1) is 0 Å². The molecular formula is C8H6O8. The monoisotopic (exact) mass is 230 g/mol. The van der Waals surface area contributed by atoms with Crippen molar-refractivity contribution in [3.63, 3.8) is 0 Å². The van der Waals surface area contributed by atoms with Crippen LogP contribution in [-0.4, -0.2) is 34.5 Å². The average Bonchev–Trinajstić information content (AvgIpc) is 2.10. The standard InChI is InChI=1S/C8H6O8/c9-5(15-7(11)12)3-1-2-4-6(10)16-8(13)14/h1-4H,(H,11,12)(H,13,14)/b3-1-,4-2-. The normalized spacial score (nSPS) is 10.2. The summed E-state index contributed by atoms with van der Waals surface area (Å²) in [4.78, 5) is 40.8. The number of carboxylic acid groups (broad SMARTS) is 2. The Bertz CT molecular complexity index is 328. The topological polar surface area (TPSA) is 127 Å². The van der Waals surface area contributed by atoms with Gasteiger partial charge in [-0.05, 0) is 0 Å². The van der Waals surface area contributed by atoms with E-state index < -0.39 is 24.2 Å². The van der Waals surface area contributed by atoms with Gasteiger partial charge in [-0.1, -0.05) is 12.2 Å². The summed E-state index contributed by atoms with van der Waals surface area (Å²) in [7, 11) is 0. The second kappa shape index (κ2) is 6.76. The van der Waals surface area contributed by atoms with Crippen molar-refractivity contribution in [1.29, 1.82) is 0 Å². The Morgan fingerprint density at radius 2 is 1.06 bits per heavy atom. The molecule has 0 amide bonds. The first-order valence-electron chi connectivity index (χ1n) is 3.66. The highest BCUT2D eigenvalue weighted by atomic mass is 16.7. The lowest BCUT2D eigenvalue weighted by atomic mass is 10.4. The first-order valence-corrected chi connectivity index (χ1v) is 3.66. The van der Waals surface area contributed by atoms with E-state index in [1.54, 1.807) is 0 Å². The highest BCUT2D eigenvalue weighted by Crippen LogP contribution is 1.86. The number of hydrogen-bond donors (Lipinski definition) is 2. The van der Waals surface area contributed by atoms with Gasteiger partial charge in [0.2, 0.25) is 0 Å². The summed E-state index contributed by atoms with van der Waals surface area (Å²) in [6, 6.07) is 0. The fourth-order valence-corrected chi connectivity index (χ4v) is 0.508. The summed E-state index contributed by atoms with van der Waals surface area (Å²) in [5.74, 6) is -2.30. The number of hydrogen-bond acceptors (Lipinski definition) is 6. The molecule has 0 fully saturated rings. The molecule has 86 valence electrons. The van der Waals surface area contributed by atoms with Gasteiger partial charge in [-0.25, -0.2) is 19.2 Å². The quantitative estimate of drug-likeness (QED) is 0.311. The van der Waals surface area contributed by atoms with Crippen molar-refractivity contribution in [3.05, 3.63) is 24.3 Å². The predicted octanol–water partition coefficient (Wildman–Crippen LogP) is 0.541. The first-order chi connectivity index (χ1) is 7.41. The number of carbonyl (C=O) groups excluding carboxylic acids is 2. The minimum absolute atomic E-state index is 0.721. The van der Waals surface area contributed by atoms with Crippen LogP contribution in [0.15, 0.2) is 24.3 Å². The molecule has 0 saturated carbocycles. The Morgan fingerprint density at radius 3 is 1.31 bits per heavy atom. The van der Waals surface area contributed by atoms with Crippen molar-refractivity contribution in [2.45, 2.75) is 0 Å². The summed E-state index contributed by atoms with van der Waals surface area (Å²) in [6.07, 6.45) is -0.118. The summed E-state index contributed by atoms with van der Waals surface area (Å²) < 4.78 is 7.34. The van der Waals surface area contributed by atoms with Crippen LogP contribution in [-0.2, 0) is 19.1 Å². The van der Waals surface area contributed by atoms with Gasteiger partial charge in [0.1, 0.15) is 0 Å². The molecule has 0 unspecified atom stereocenters. The molecule has 0 aromatic carbocycles. The predicted molar refractivity (Wildman–Crippen MR) is 46.5 cm³/mol. The van der Waals surface area contributed by atoms with Gasteiger partial charge < -0.3 is 19.7 Å². The third-order valence-electron chi connectivity index (χ3n) is 0.952. The molecule has 0 saturated heterocycles. The third-order valence-corrected chi connectivity index (χ3v) is 0.952. The van der Waals surface area contributed by atoms with E-state index in [9.17, 15) is 19.2 Å². The number of esters is 2. The lowest BCUT2D eigenvalue weighted by molar-refractivity contribution is -0.134. The molecule has 0 bridgehead atoms. The van der Waals surface area contributed by atoms with E-state index in [1.165, 1.54) is 0 Å². The molecule has 0 aromatic rings. The molecule has 8 heteroatoms. The Balaban J connectivity index is 4.04. The largest absolute Gasteiger partial charge is 0.513 e. The van der Waals surface area contributed by atoms with Crippen molar-refractivity contribution >= 4 is 24.2 Å². The van der Waals surface area contributed by atoms with Crippen molar-refractivity contribution in [2.24, 2.45) is 0 Å². The molecule has 0 radical (unpaired) electrons. The molecule has 0 atom stereocenters. The van der Waals surface area contributed by atoms with E-state index in [1.807, 2.05) is 0 Å². The van der Waals surface area contributed by atoms with Crippen LogP contribution in [0, 0.1) is 0 Å². The number of ether oxygens (including phenoxy) is 2. The van der Waals surface area contributed by atoms with Gasteiger partial charge in [-0.3, -0.25) is 0 Å². The van der Waals surface area contributed by atoms with E-state index >= 15 is 0 Å². The molecule has 0 rings (SSSR count). The molecule has 0 spiro atoms. The molecular weight excluding hydrogens is 224 g/mol. The second-order valence-corrected chi connectivity index (χ2v) is 2.09. The van der Waals surface area contributed by atoms with E-state index in [2.05, 4.69) is 9.47 Å². The van der Waals surface area contributed by atoms with Crippen molar-refractivity contribution in [3.8, 4) is 0 Å². The highest BCUT2D eigenvalue weighted by molar-refractivity contribution is 5.91. The SMILES string of the molecule is O=C(O)OC(=O)/C=C\C=C/C(=O)OC(=O)O. The van der Waals surface area contributed by atoms with E-state index in [0.29, 0.717) is 0 Å². The minimum atomic E-state index is -1.76. The van der Waals surface area contributed by atoms with Crippen LogP contribution >= 0.6 is 0 Å². The smallest absolute Gasteiger partial charge is 0.449 e. The molecule has 0 aliphatic rings. The zero-order valence-electron chi connectivity index (χ0n) is 7.65. The Hall–Kier alpha value is -2.64. The fraction of sp³-hybridized carbons (Fsp3) is 0. The molecule has 2 N–H and O–H groups in total. The summed E-state index contributed by atoms with van der Waals surface area (Å²) in [5, 5.41) is 16.0.